The summed E-state index contributed by atoms with van der Waals surface area (Å²) in [6.45, 7) is 8.79. The minimum Gasteiger partial charge on any atom is -0.351 e. The number of hydrogen-bond acceptors (Lipinski definition) is 6. The van der Waals surface area contributed by atoms with Crippen molar-refractivity contribution in [1.29, 1.82) is 0 Å². The number of rotatable bonds is 14. The Balaban J connectivity index is 1.44. The van der Waals surface area contributed by atoms with E-state index in [1.165, 1.54) is 25.0 Å². The number of pyridine rings is 1. The van der Waals surface area contributed by atoms with Gasteiger partial charge in [-0.05, 0) is 86.1 Å². The van der Waals surface area contributed by atoms with Gasteiger partial charge in [0, 0.05) is 49.9 Å². The van der Waals surface area contributed by atoms with E-state index in [9.17, 15) is 18.0 Å². The molecule has 3 aromatic rings. The van der Waals surface area contributed by atoms with Crippen molar-refractivity contribution >= 4 is 21.8 Å². The molecule has 0 radical (unpaired) electrons. The molecule has 4 rings (SSSR count). The van der Waals surface area contributed by atoms with Gasteiger partial charge in [0.25, 0.3) is 5.91 Å². The molecule has 0 unspecified atom stereocenters. The maximum atomic E-state index is 13.3. The third-order valence-electron chi connectivity index (χ3n) is 7.74. The number of aromatic nitrogens is 1. The minimum absolute atomic E-state index is 0.0650. The monoisotopic (exact) mass is 605 g/mol. The van der Waals surface area contributed by atoms with Crippen molar-refractivity contribution in [3.63, 3.8) is 0 Å². The molecule has 0 atom stereocenters. The van der Waals surface area contributed by atoms with Crippen LogP contribution >= 0.6 is 0 Å². The lowest BCUT2D eigenvalue weighted by Crippen LogP contribution is -2.33. The number of amides is 2. The first-order valence-corrected chi connectivity index (χ1v) is 16.6. The fourth-order valence-corrected chi connectivity index (χ4v) is 5.70. The maximum Gasteiger partial charge on any atom is 0.251 e. The Bertz CT molecular complexity index is 1490. The van der Waals surface area contributed by atoms with Gasteiger partial charge in [0.1, 0.15) is 0 Å². The topological polar surface area (TPSA) is 126 Å². The largest absolute Gasteiger partial charge is 0.351 e. The molecule has 0 bridgehead atoms. The Morgan fingerprint density at radius 3 is 2.47 bits per heavy atom. The highest BCUT2D eigenvalue weighted by atomic mass is 32.2. The van der Waals surface area contributed by atoms with Gasteiger partial charge in [0.05, 0.1) is 10.6 Å². The van der Waals surface area contributed by atoms with Crippen LogP contribution in [0.25, 0.3) is 11.3 Å². The van der Waals surface area contributed by atoms with Gasteiger partial charge in [0.15, 0.2) is 0 Å². The van der Waals surface area contributed by atoms with Crippen LogP contribution in [0.1, 0.15) is 61.0 Å². The lowest BCUT2D eigenvalue weighted by molar-refractivity contribution is -0.132. The molecule has 43 heavy (non-hydrogen) atoms. The molecule has 0 aliphatic carbocycles. The van der Waals surface area contributed by atoms with E-state index >= 15 is 0 Å². The number of nitrogens with one attached hydrogen (secondary N) is 1. The van der Waals surface area contributed by atoms with Gasteiger partial charge in [-0.3, -0.25) is 14.6 Å². The zero-order valence-corrected chi connectivity index (χ0v) is 26.0. The lowest BCUT2D eigenvalue weighted by Gasteiger charge is -2.24. The van der Waals surface area contributed by atoms with Crippen LogP contribution in [0.4, 0.5) is 0 Å². The molecular weight excluding hydrogens is 562 g/mol. The molecule has 10 heteroatoms. The van der Waals surface area contributed by atoms with Crippen LogP contribution in [0.2, 0.25) is 0 Å². The fraction of sp³-hybridized carbons (Fsp3) is 0.424. The van der Waals surface area contributed by atoms with Crippen LogP contribution in [0.5, 0.6) is 0 Å². The normalized spacial score (nSPS) is 13.8. The molecule has 0 saturated carbocycles. The van der Waals surface area contributed by atoms with Crippen molar-refractivity contribution in [2.24, 2.45) is 11.1 Å². The summed E-state index contributed by atoms with van der Waals surface area (Å²) in [5.74, 6) is 0.375. The molecule has 2 aromatic carbocycles. The third-order valence-corrected chi connectivity index (χ3v) is 8.67. The predicted molar refractivity (Wildman–Crippen MR) is 169 cm³/mol. The fourth-order valence-electron chi connectivity index (χ4n) is 5.19. The second-order valence-electron chi connectivity index (χ2n) is 11.6. The highest BCUT2D eigenvalue weighted by Gasteiger charge is 2.17. The number of sulfonamides is 1. The molecule has 1 saturated heterocycles. The van der Waals surface area contributed by atoms with E-state index in [2.05, 4.69) is 29.0 Å². The number of nitrogens with two attached hydrogens (primary N) is 1. The highest BCUT2D eigenvalue weighted by Crippen LogP contribution is 2.21. The Morgan fingerprint density at radius 2 is 1.77 bits per heavy atom. The summed E-state index contributed by atoms with van der Waals surface area (Å²) in [7, 11) is -3.76. The molecule has 9 nitrogen and oxygen atoms in total. The Labute approximate surface area is 255 Å². The van der Waals surface area contributed by atoms with Crippen LogP contribution in [-0.4, -0.2) is 67.7 Å². The van der Waals surface area contributed by atoms with E-state index in [-0.39, 0.29) is 16.7 Å². The number of benzene rings is 2. The maximum absolute atomic E-state index is 13.3. The Morgan fingerprint density at radius 1 is 1.02 bits per heavy atom. The van der Waals surface area contributed by atoms with Crippen molar-refractivity contribution in [3.8, 4) is 11.3 Å². The van der Waals surface area contributed by atoms with E-state index in [1.807, 2.05) is 29.2 Å². The molecule has 1 aliphatic rings. The van der Waals surface area contributed by atoms with Gasteiger partial charge in [-0.15, -0.1) is 0 Å². The second-order valence-corrected chi connectivity index (χ2v) is 13.2. The quantitative estimate of drug-likeness (QED) is 0.283. The van der Waals surface area contributed by atoms with E-state index in [1.54, 1.807) is 30.5 Å². The second kappa shape index (κ2) is 15.2. The SMILES string of the molecule is CC(C)CCC(=O)N(CCc1ccc(S(N)(=O)=O)cc1)Cc1cccc(-c2cc(C(=O)NCCN3CCCC3)ccn2)c1. The summed E-state index contributed by atoms with van der Waals surface area (Å²) in [6, 6.07) is 17.9. The number of carbonyl (C=O) groups is 2. The van der Waals surface area contributed by atoms with E-state index in [0.717, 1.165) is 42.7 Å². The van der Waals surface area contributed by atoms with Crippen LogP contribution < -0.4 is 10.5 Å². The predicted octanol–water partition coefficient (Wildman–Crippen LogP) is 4.23. The van der Waals surface area contributed by atoms with Gasteiger partial charge in [-0.2, -0.15) is 0 Å². The Hall–Kier alpha value is -3.60. The zero-order valence-electron chi connectivity index (χ0n) is 25.2. The van der Waals surface area contributed by atoms with Crippen molar-refractivity contribution in [2.45, 2.75) is 57.4 Å². The average molecular weight is 606 g/mol. The van der Waals surface area contributed by atoms with Gasteiger partial charge in [0.2, 0.25) is 15.9 Å². The van der Waals surface area contributed by atoms with Crippen LogP contribution in [0.15, 0.2) is 71.8 Å². The third kappa shape index (κ3) is 9.98. The zero-order chi connectivity index (χ0) is 30.8. The molecule has 1 aliphatic heterocycles. The summed E-state index contributed by atoms with van der Waals surface area (Å²) in [4.78, 5) is 34.9. The highest BCUT2D eigenvalue weighted by molar-refractivity contribution is 7.89. The van der Waals surface area contributed by atoms with Crippen molar-refractivity contribution < 1.29 is 18.0 Å². The molecule has 2 heterocycles. The number of likely N-dealkylation sites (tertiary alicyclic amines) is 1. The first-order chi connectivity index (χ1) is 20.6. The lowest BCUT2D eigenvalue weighted by atomic mass is 10.0. The number of hydrogen-bond donors (Lipinski definition) is 2. The van der Waals surface area contributed by atoms with Gasteiger partial charge >= 0.3 is 0 Å². The molecular formula is C33H43N5O4S. The van der Waals surface area contributed by atoms with E-state index in [0.29, 0.717) is 49.7 Å². The van der Waals surface area contributed by atoms with Crippen molar-refractivity contribution in [3.05, 3.63) is 83.6 Å². The Kier molecular flexibility index (Phi) is 11.4. The molecule has 230 valence electrons. The van der Waals surface area contributed by atoms with Gasteiger partial charge < -0.3 is 15.1 Å². The van der Waals surface area contributed by atoms with Crippen molar-refractivity contribution in [2.75, 3.05) is 32.7 Å². The molecule has 2 amide bonds. The molecule has 0 spiro atoms. The minimum atomic E-state index is -3.76. The number of carbonyl (C=O) groups excluding carboxylic acids is 2. The van der Waals surface area contributed by atoms with Crippen molar-refractivity contribution in [1.82, 2.24) is 20.1 Å². The summed E-state index contributed by atoms with van der Waals surface area (Å²) in [6.07, 6.45) is 5.94. The average Bonchev–Trinajstić information content (AvgIpc) is 3.51. The van der Waals surface area contributed by atoms with Crippen LogP contribution in [0, 0.1) is 5.92 Å². The molecule has 1 aromatic heterocycles. The summed E-state index contributed by atoms with van der Waals surface area (Å²) in [5, 5.41) is 8.25. The van der Waals surface area contributed by atoms with E-state index < -0.39 is 10.0 Å². The number of nitrogens with zero attached hydrogens (tertiary/aromatic N) is 3. The standard InChI is InChI=1S/C33H43N5O4S/c1-25(2)8-13-32(39)38(20-15-26-9-11-30(12-10-26)43(34,41)42)24-27-6-5-7-28(22-27)31-23-29(14-16-35-31)33(40)36-17-21-37-18-3-4-19-37/h5-7,9-12,14,16,22-23,25H,3-4,8,13,15,17-21,24H2,1-2H3,(H,36,40)(H2,34,41,42). The number of primary sulfonamides is 1. The summed E-state index contributed by atoms with van der Waals surface area (Å²) < 4.78 is 23.2. The first kappa shape index (κ1) is 32.3. The smallest absolute Gasteiger partial charge is 0.251 e. The first-order valence-electron chi connectivity index (χ1n) is 15.0. The molecule has 1 fully saturated rings. The van der Waals surface area contributed by atoms with Gasteiger partial charge in [-0.1, -0.05) is 44.2 Å². The summed E-state index contributed by atoms with van der Waals surface area (Å²) in [5.41, 5.74) is 4.01. The summed E-state index contributed by atoms with van der Waals surface area (Å²) >= 11 is 0. The van der Waals surface area contributed by atoms with Crippen LogP contribution in [-0.2, 0) is 27.8 Å². The van der Waals surface area contributed by atoms with Crippen LogP contribution in [0.3, 0.4) is 0 Å². The molecule has 3 N–H and O–H groups in total. The van der Waals surface area contributed by atoms with Gasteiger partial charge in [-0.25, -0.2) is 13.6 Å². The van der Waals surface area contributed by atoms with E-state index in [4.69, 9.17) is 5.14 Å².